The van der Waals surface area contributed by atoms with Gasteiger partial charge >= 0.3 is 6.03 Å². The Bertz CT molecular complexity index is 1230. The number of benzene rings is 3. The first-order chi connectivity index (χ1) is 16.1. The van der Waals surface area contributed by atoms with Gasteiger partial charge < -0.3 is 9.84 Å². The van der Waals surface area contributed by atoms with E-state index in [-0.39, 0.29) is 24.3 Å². The summed E-state index contributed by atoms with van der Waals surface area (Å²) in [6.07, 6.45) is 0. The van der Waals surface area contributed by atoms with E-state index in [9.17, 15) is 18.7 Å². The van der Waals surface area contributed by atoms with Crippen molar-refractivity contribution in [2.75, 3.05) is 23.0 Å². The summed E-state index contributed by atoms with van der Waals surface area (Å²) in [6, 6.07) is 19.8. The number of rotatable bonds is 4. The summed E-state index contributed by atoms with van der Waals surface area (Å²) in [5.41, 5.74) is -0.106. The molecule has 2 heterocycles. The van der Waals surface area contributed by atoms with Gasteiger partial charge in [0, 0.05) is 29.4 Å². The number of anilines is 2. The van der Waals surface area contributed by atoms with Crippen LogP contribution in [0.2, 0.25) is 0 Å². The molecular formula is C27H26F2N2O3. The van der Waals surface area contributed by atoms with Crippen molar-refractivity contribution in [3.63, 3.8) is 0 Å². The molecule has 0 aromatic heterocycles. The Kier molecular flexibility index (Phi) is 5.04. The van der Waals surface area contributed by atoms with Gasteiger partial charge in [0.25, 0.3) is 5.92 Å². The van der Waals surface area contributed by atoms with Crippen LogP contribution in [0.15, 0.2) is 72.8 Å². The van der Waals surface area contributed by atoms with E-state index >= 15 is 0 Å². The number of carbonyl (C=O) groups is 1. The summed E-state index contributed by atoms with van der Waals surface area (Å²) in [5, 5.41) is 12.5. The van der Waals surface area contributed by atoms with Crippen LogP contribution in [-0.2, 0) is 16.4 Å². The maximum atomic E-state index is 14.3. The fourth-order valence-corrected chi connectivity index (χ4v) is 4.86. The lowest BCUT2D eigenvalue weighted by molar-refractivity contribution is -0.153. The Labute approximate surface area is 197 Å². The highest BCUT2D eigenvalue weighted by Gasteiger charge is 2.72. The van der Waals surface area contributed by atoms with E-state index < -0.39 is 23.2 Å². The lowest BCUT2D eigenvalue weighted by Crippen LogP contribution is -2.70. The number of aryl methyl sites for hydroxylation is 2. The van der Waals surface area contributed by atoms with Crippen molar-refractivity contribution in [2.45, 2.75) is 38.0 Å². The molecule has 0 saturated carbocycles. The number of aliphatic hydroxyl groups is 1. The standard InChI is InChI=1S/C27H26F2N2O3/c1-18-7-11-22(12-8-18)30-24(32)31(23-13-9-19(2)10-14-23)27(33,26(30)16-34-17-26)21-6-4-5-20(15-21)25(3,28)29/h4-15,33H,16-17H2,1-3H3. The molecule has 1 unspecified atom stereocenters. The maximum absolute atomic E-state index is 14.3. The Morgan fingerprint density at radius 3 is 1.88 bits per heavy atom. The van der Waals surface area contributed by atoms with Gasteiger partial charge in [0.2, 0.25) is 5.72 Å². The molecule has 34 heavy (non-hydrogen) atoms. The third-order valence-electron chi connectivity index (χ3n) is 6.82. The maximum Gasteiger partial charge on any atom is 0.332 e. The van der Waals surface area contributed by atoms with Crippen LogP contribution in [0, 0.1) is 13.8 Å². The normalized spacial score (nSPS) is 21.8. The van der Waals surface area contributed by atoms with Crippen LogP contribution in [-0.4, -0.2) is 29.9 Å². The molecule has 2 amide bonds. The zero-order valence-corrected chi connectivity index (χ0v) is 19.3. The van der Waals surface area contributed by atoms with Crippen LogP contribution < -0.4 is 9.80 Å². The molecule has 176 valence electrons. The van der Waals surface area contributed by atoms with E-state index in [4.69, 9.17) is 4.74 Å². The average molecular weight is 465 g/mol. The zero-order chi connectivity index (χ0) is 24.3. The number of alkyl halides is 2. The Morgan fingerprint density at radius 2 is 1.41 bits per heavy atom. The molecule has 0 bridgehead atoms. The van der Waals surface area contributed by atoms with E-state index in [0.29, 0.717) is 11.4 Å². The number of hydrogen-bond donors (Lipinski definition) is 1. The fourth-order valence-electron chi connectivity index (χ4n) is 4.86. The number of carbonyl (C=O) groups excluding carboxylic acids is 1. The summed E-state index contributed by atoms with van der Waals surface area (Å²) >= 11 is 0. The predicted octanol–water partition coefficient (Wildman–Crippen LogP) is 5.48. The molecule has 0 radical (unpaired) electrons. The average Bonchev–Trinajstić information content (AvgIpc) is 2.99. The molecule has 5 nitrogen and oxygen atoms in total. The fraction of sp³-hybridized carbons (Fsp3) is 0.296. The van der Waals surface area contributed by atoms with Crippen LogP contribution in [0.3, 0.4) is 0 Å². The van der Waals surface area contributed by atoms with Crippen molar-refractivity contribution < 1.29 is 23.4 Å². The Hall–Kier alpha value is -3.29. The van der Waals surface area contributed by atoms with Gasteiger partial charge in [-0.1, -0.05) is 53.6 Å². The highest BCUT2D eigenvalue weighted by Crippen LogP contribution is 2.54. The molecule has 5 rings (SSSR count). The minimum Gasteiger partial charge on any atom is -0.376 e. The van der Waals surface area contributed by atoms with Gasteiger partial charge in [-0.2, -0.15) is 0 Å². The summed E-state index contributed by atoms with van der Waals surface area (Å²) < 4.78 is 34.1. The molecule has 2 aliphatic rings. The van der Waals surface area contributed by atoms with E-state index in [2.05, 4.69) is 0 Å². The topological polar surface area (TPSA) is 53.0 Å². The highest BCUT2D eigenvalue weighted by molar-refractivity contribution is 6.09. The monoisotopic (exact) mass is 464 g/mol. The second-order valence-electron chi connectivity index (χ2n) is 9.29. The number of amides is 2. The molecule has 3 aromatic carbocycles. The first-order valence-electron chi connectivity index (χ1n) is 11.1. The zero-order valence-electron chi connectivity index (χ0n) is 19.3. The molecule has 1 N–H and O–H groups in total. The lowest BCUT2D eigenvalue weighted by Gasteiger charge is -2.51. The molecule has 3 aromatic rings. The number of halogens is 2. The molecular weight excluding hydrogens is 438 g/mol. The second kappa shape index (κ2) is 7.61. The van der Waals surface area contributed by atoms with Gasteiger partial charge in [0.1, 0.15) is 5.54 Å². The summed E-state index contributed by atoms with van der Waals surface area (Å²) in [6.45, 7) is 4.79. The Balaban J connectivity index is 1.76. The van der Waals surface area contributed by atoms with Crippen LogP contribution in [0.4, 0.5) is 25.0 Å². The smallest absolute Gasteiger partial charge is 0.332 e. The first kappa shape index (κ1) is 22.5. The number of urea groups is 1. The van der Waals surface area contributed by atoms with E-state index in [1.165, 1.54) is 23.1 Å². The van der Waals surface area contributed by atoms with Crippen molar-refractivity contribution in [3.8, 4) is 0 Å². The van der Waals surface area contributed by atoms with Gasteiger partial charge in [0.05, 0.1) is 13.2 Å². The number of hydrogen-bond acceptors (Lipinski definition) is 3. The van der Waals surface area contributed by atoms with Crippen molar-refractivity contribution >= 4 is 17.4 Å². The van der Waals surface area contributed by atoms with Crippen molar-refractivity contribution in [3.05, 3.63) is 95.1 Å². The summed E-state index contributed by atoms with van der Waals surface area (Å²) in [5.74, 6) is -3.11. The molecule has 2 fully saturated rings. The minimum absolute atomic E-state index is 0.0538. The second-order valence-corrected chi connectivity index (χ2v) is 9.29. The summed E-state index contributed by atoms with van der Waals surface area (Å²) in [4.78, 5) is 16.9. The summed E-state index contributed by atoms with van der Waals surface area (Å²) in [7, 11) is 0. The molecule has 0 aliphatic carbocycles. The largest absolute Gasteiger partial charge is 0.376 e. The molecule has 1 atom stereocenters. The molecule has 7 heteroatoms. The molecule has 1 spiro atoms. The Morgan fingerprint density at radius 1 is 0.882 bits per heavy atom. The van der Waals surface area contributed by atoms with Gasteiger partial charge in [-0.3, -0.25) is 9.80 Å². The van der Waals surface area contributed by atoms with E-state index in [0.717, 1.165) is 18.1 Å². The SMILES string of the molecule is Cc1ccc(N2C(=O)N(c3ccc(C)cc3)C(O)(c3cccc(C(C)(F)F)c3)C23COC3)cc1. The van der Waals surface area contributed by atoms with Gasteiger partial charge in [0.15, 0.2) is 0 Å². The van der Waals surface area contributed by atoms with E-state index in [1.54, 1.807) is 23.1 Å². The first-order valence-corrected chi connectivity index (χ1v) is 11.1. The number of nitrogens with zero attached hydrogens (tertiary/aromatic N) is 2. The van der Waals surface area contributed by atoms with Gasteiger partial charge in [-0.05, 0) is 44.2 Å². The van der Waals surface area contributed by atoms with Crippen molar-refractivity contribution in [1.29, 1.82) is 0 Å². The van der Waals surface area contributed by atoms with Gasteiger partial charge in [-0.25, -0.2) is 13.6 Å². The van der Waals surface area contributed by atoms with E-state index in [1.807, 2.05) is 50.2 Å². The third-order valence-corrected chi connectivity index (χ3v) is 6.82. The van der Waals surface area contributed by atoms with Gasteiger partial charge in [-0.15, -0.1) is 0 Å². The van der Waals surface area contributed by atoms with Crippen molar-refractivity contribution in [2.24, 2.45) is 0 Å². The van der Waals surface area contributed by atoms with Crippen LogP contribution in [0.1, 0.15) is 29.2 Å². The minimum atomic E-state index is -3.11. The molecule has 2 aliphatic heterocycles. The highest BCUT2D eigenvalue weighted by atomic mass is 19.3. The quantitative estimate of drug-likeness (QED) is 0.557. The third kappa shape index (κ3) is 3.15. The number of ether oxygens (including phenoxy) is 1. The van der Waals surface area contributed by atoms with Crippen LogP contribution >= 0.6 is 0 Å². The van der Waals surface area contributed by atoms with Crippen molar-refractivity contribution in [1.82, 2.24) is 0 Å². The van der Waals surface area contributed by atoms with Crippen LogP contribution in [0.5, 0.6) is 0 Å². The molecule has 2 saturated heterocycles. The predicted molar refractivity (Wildman–Crippen MR) is 126 cm³/mol. The lowest BCUT2D eigenvalue weighted by atomic mass is 9.78. The van der Waals surface area contributed by atoms with Crippen LogP contribution in [0.25, 0.3) is 0 Å².